The van der Waals surface area contributed by atoms with Crippen molar-refractivity contribution >= 4 is 5.91 Å². The molecule has 2 aromatic rings. The molecule has 0 saturated carbocycles. The molecule has 1 N–H and O–H groups in total. The third-order valence-corrected chi connectivity index (χ3v) is 3.38. The van der Waals surface area contributed by atoms with E-state index in [0.717, 1.165) is 6.42 Å². The van der Waals surface area contributed by atoms with E-state index >= 15 is 0 Å². The van der Waals surface area contributed by atoms with E-state index in [-0.39, 0.29) is 5.91 Å². The minimum atomic E-state index is -0.00981. The van der Waals surface area contributed by atoms with E-state index in [1.165, 1.54) is 11.1 Å². The number of benzene rings is 2. The molecular weight excluding hydrogens is 246 g/mol. The van der Waals surface area contributed by atoms with E-state index in [1.54, 1.807) is 0 Å². The summed E-state index contributed by atoms with van der Waals surface area (Å²) < 4.78 is 0. The Morgan fingerprint density at radius 2 is 1.65 bits per heavy atom. The van der Waals surface area contributed by atoms with Gasteiger partial charge < -0.3 is 5.32 Å². The highest BCUT2D eigenvalue weighted by Crippen LogP contribution is 2.14. The first-order chi connectivity index (χ1) is 9.66. The zero-order chi connectivity index (χ0) is 14.4. The van der Waals surface area contributed by atoms with Crippen LogP contribution in [-0.4, -0.2) is 12.5 Å². The third kappa shape index (κ3) is 3.95. The van der Waals surface area contributed by atoms with Crippen LogP contribution in [0.4, 0.5) is 0 Å². The number of hydrogen-bond donors (Lipinski definition) is 1. The van der Waals surface area contributed by atoms with Crippen LogP contribution < -0.4 is 5.32 Å². The van der Waals surface area contributed by atoms with Gasteiger partial charge in [-0.1, -0.05) is 56.3 Å². The van der Waals surface area contributed by atoms with Crippen molar-refractivity contribution in [2.45, 2.75) is 26.2 Å². The molecule has 0 radical (unpaired) electrons. The molecule has 20 heavy (non-hydrogen) atoms. The molecule has 0 heterocycles. The first-order valence-corrected chi connectivity index (χ1v) is 7.09. The maximum atomic E-state index is 11.9. The second-order valence-corrected chi connectivity index (χ2v) is 5.27. The van der Waals surface area contributed by atoms with E-state index in [9.17, 15) is 4.79 Å². The van der Waals surface area contributed by atoms with Gasteiger partial charge in [0, 0.05) is 12.1 Å². The molecule has 0 saturated heterocycles. The highest BCUT2D eigenvalue weighted by Gasteiger charge is 2.03. The highest BCUT2D eigenvalue weighted by atomic mass is 16.1. The molecule has 2 nitrogen and oxygen atoms in total. The lowest BCUT2D eigenvalue weighted by molar-refractivity contribution is 0.0954. The molecule has 2 aromatic carbocycles. The van der Waals surface area contributed by atoms with E-state index in [2.05, 4.69) is 43.4 Å². The minimum absolute atomic E-state index is 0.00981. The van der Waals surface area contributed by atoms with Gasteiger partial charge in [-0.3, -0.25) is 4.79 Å². The Kier molecular flexibility index (Phi) is 4.94. The van der Waals surface area contributed by atoms with Crippen LogP contribution in [0.3, 0.4) is 0 Å². The second-order valence-electron chi connectivity index (χ2n) is 5.27. The maximum Gasteiger partial charge on any atom is 0.251 e. The fraction of sp³-hybridized carbons (Fsp3) is 0.278. The van der Waals surface area contributed by atoms with Crippen LogP contribution in [0.1, 0.15) is 41.3 Å². The molecule has 0 unspecified atom stereocenters. The van der Waals surface area contributed by atoms with Crippen LogP contribution in [-0.2, 0) is 6.42 Å². The van der Waals surface area contributed by atoms with Gasteiger partial charge in [-0.15, -0.1) is 0 Å². The molecule has 0 aliphatic rings. The molecule has 1 amide bonds. The van der Waals surface area contributed by atoms with Crippen LogP contribution in [0.25, 0.3) is 0 Å². The van der Waals surface area contributed by atoms with Crippen molar-refractivity contribution in [2.75, 3.05) is 6.54 Å². The normalized spacial score (nSPS) is 10.6. The summed E-state index contributed by atoms with van der Waals surface area (Å²) in [5.41, 5.74) is 3.31. The molecular formula is C18H21NO. The van der Waals surface area contributed by atoms with Crippen LogP contribution in [0.15, 0.2) is 54.6 Å². The van der Waals surface area contributed by atoms with Gasteiger partial charge in [-0.25, -0.2) is 0 Å². The average molecular weight is 267 g/mol. The zero-order valence-corrected chi connectivity index (χ0v) is 12.1. The van der Waals surface area contributed by atoms with Gasteiger partial charge in [-0.05, 0) is 35.6 Å². The molecule has 2 rings (SSSR count). The lowest BCUT2D eigenvalue weighted by atomic mass is 10.0. The Hall–Kier alpha value is -2.09. The summed E-state index contributed by atoms with van der Waals surface area (Å²) in [5, 5.41) is 2.95. The molecule has 0 spiro atoms. The Balaban J connectivity index is 1.82. The molecule has 0 aromatic heterocycles. The summed E-state index contributed by atoms with van der Waals surface area (Å²) in [5.74, 6) is 0.547. The summed E-state index contributed by atoms with van der Waals surface area (Å²) in [4.78, 5) is 11.9. The Morgan fingerprint density at radius 1 is 1.00 bits per heavy atom. The number of nitrogens with one attached hydrogen (secondary N) is 1. The fourth-order valence-corrected chi connectivity index (χ4v) is 2.08. The van der Waals surface area contributed by atoms with Crippen molar-refractivity contribution in [3.63, 3.8) is 0 Å². The Labute approximate surface area is 120 Å². The molecule has 0 atom stereocenters. The topological polar surface area (TPSA) is 29.1 Å². The van der Waals surface area contributed by atoms with Gasteiger partial charge in [0.25, 0.3) is 5.91 Å². The third-order valence-electron chi connectivity index (χ3n) is 3.38. The lowest BCUT2D eigenvalue weighted by Crippen LogP contribution is -2.25. The number of carbonyl (C=O) groups excluding carboxylic acids is 1. The van der Waals surface area contributed by atoms with Gasteiger partial charge in [0.15, 0.2) is 0 Å². The molecule has 2 heteroatoms. The summed E-state index contributed by atoms with van der Waals surface area (Å²) in [6.45, 7) is 5.04. The van der Waals surface area contributed by atoms with Crippen molar-refractivity contribution in [1.29, 1.82) is 0 Å². The summed E-state index contributed by atoms with van der Waals surface area (Å²) >= 11 is 0. The molecule has 0 bridgehead atoms. The predicted molar refractivity (Wildman–Crippen MR) is 83.0 cm³/mol. The Morgan fingerprint density at radius 3 is 2.25 bits per heavy atom. The fourth-order valence-electron chi connectivity index (χ4n) is 2.08. The van der Waals surface area contributed by atoms with E-state index in [0.29, 0.717) is 18.0 Å². The SMILES string of the molecule is CC(C)c1ccc(CCNC(=O)c2ccccc2)cc1. The zero-order valence-electron chi connectivity index (χ0n) is 12.1. The Bertz CT molecular complexity index is 543. The first-order valence-electron chi connectivity index (χ1n) is 7.09. The van der Waals surface area contributed by atoms with Crippen LogP contribution in [0, 0.1) is 0 Å². The number of carbonyl (C=O) groups is 1. The number of amides is 1. The second kappa shape index (κ2) is 6.90. The van der Waals surface area contributed by atoms with Crippen molar-refractivity contribution in [3.05, 3.63) is 71.3 Å². The van der Waals surface area contributed by atoms with Crippen molar-refractivity contribution in [2.24, 2.45) is 0 Å². The van der Waals surface area contributed by atoms with E-state index in [4.69, 9.17) is 0 Å². The average Bonchev–Trinajstić information content (AvgIpc) is 2.48. The van der Waals surface area contributed by atoms with Gasteiger partial charge in [-0.2, -0.15) is 0 Å². The quantitative estimate of drug-likeness (QED) is 0.877. The monoisotopic (exact) mass is 267 g/mol. The maximum absolute atomic E-state index is 11.9. The van der Waals surface area contributed by atoms with Crippen molar-refractivity contribution < 1.29 is 4.79 Å². The predicted octanol–water partition coefficient (Wildman–Crippen LogP) is 3.78. The van der Waals surface area contributed by atoms with Crippen LogP contribution >= 0.6 is 0 Å². The van der Waals surface area contributed by atoms with Gasteiger partial charge in [0.1, 0.15) is 0 Å². The molecule has 0 aliphatic carbocycles. The number of rotatable bonds is 5. The molecule has 0 fully saturated rings. The smallest absolute Gasteiger partial charge is 0.251 e. The van der Waals surface area contributed by atoms with E-state index in [1.807, 2.05) is 30.3 Å². The summed E-state index contributed by atoms with van der Waals surface area (Å²) in [6, 6.07) is 17.9. The van der Waals surface area contributed by atoms with E-state index < -0.39 is 0 Å². The largest absolute Gasteiger partial charge is 0.352 e. The highest BCUT2D eigenvalue weighted by molar-refractivity contribution is 5.94. The standard InChI is InChI=1S/C18H21NO/c1-14(2)16-10-8-15(9-11-16)12-13-19-18(20)17-6-4-3-5-7-17/h3-11,14H,12-13H2,1-2H3,(H,19,20). The van der Waals surface area contributed by atoms with Crippen LogP contribution in [0.5, 0.6) is 0 Å². The van der Waals surface area contributed by atoms with Crippen molar-refractivity contribution in [3.8, 4) is 0 Å². The molecule has 0 aliphatic heterocycles. The van der Waals surface area contributed by atoms with Gasteiger partial charge in [0.05, 0.1) is 0 Å². The summed E-state index contributed by atoms with van der Waals surface area (Å²) in [7, 11) is 0. The van der Waals surface area contributed by atoms with Crippen LogP contribution in [0.2, 0.25) is 0 Å². The minimum Gasteiger partial charge on any atom is -0.352 e. The van der Waals surface area contributed by atoms with Crippen molar-refractivity contribution in [1.82, 2.24) is 5.32 Å². The van der Waals surface area contributed by atoms with Gasteiger partial charge in [0.2, 0.25) is 0 Å². The molecule has 104 valence electrons. The van der Waals surface area contributed by atoms with Gasteiger partial charge >= 0.3 is 0 Å². The first kappa shape index (κ1) is 14.3. The lowest BCUT2D eigenvalue weighted by Gasteiger charge is -2.08. The summed E-state index contributed by atoms with van der Waals surface area (Å²) in [6.07, 6.45) is 0.858. The number of hydrogen-bond acceptors (Lipinski definition) is 1.